The molecule has 192 valence electrons. The fraction of sp³-hybridized carbons (Fsp3) is 0.391. The molecule has 12 heteroatoms. The number of carbonyl (C=O) groups excluding carboxylic acids is 1. The Hall–Kier alpha value is -2.31. The van der Waals surface area contributed by atoms with Crippen molar-refractivity contribution in [3.63, 3.8) is 0 Å². The number of nitrogens with one attached hydrogen (secondary N) is 2. The molecule has 1 amide bonds. The molecule has 0 aromatic heterocycles. The average Bonchev–Trinajstić information content (AvgIpc) is 3.24. The van der Waals surface area contributed by atoms with Crippen LogP contribution in [0.4, 0.5) is 0 Å². The molecule has 1 atom stereocenters. The molecule has 0 saturated carbocycles. The molecule has 1 aliphatic rings. The first-order valence-electron chi connectivity index (χ1n) is 10.9. The maximum atomic E-state index is 12.7. The van der Waals surface area contributed by atoms with Crippen LogP contribution in [0, 0.1) is 20.8 Å². The van der Waals surface area contributed by atoms with Crippen molar-refractivity contribution in [1.29, 1.82) is 0 Å². The maximum absolute atomic E-state index is 12.7. The average molecular weight is 542 g/mol. The van der Waals surface area contributed by atoms with Crippen molar-refractivity contribution in [2.45, 2.75) is 56.0 Å². The minimum absolute atomic E-state index is 0. The largest absolute Gasteiger partial charge is 0.496 e. The highest BCUT2D eigenvalue weighted by atomic mass is 35.5. The molecule has 0 fully saturated rings. The third-order valence-corrected chi connectivity index (χ3v) is 8.34. The van der Waals surface area contributed by atoms with Crippen LogP contribution in [0.3, 0.4) is 0 Å². The second kappa shape index (κ2) is 12.6. The lowest BCUT2D eigenvalue weighted by Crippen LogP contribution is -2.40. The van der Waals surface area contributed by atoms with Gasteiger partial charge in [0, 0.05) is 11.4 Å². The molecular formula is C23H32ClN5O4S2. The van der Waals surface area contributed by atoms with Crippen LogP contribution in [0.2, 0.25) is 0 Å². The van der Waals surface area contributed by atoms with Crippen molar-refractivity contribution in [2.75, 3.05) is 13.7 Å². The van der Waals surface area contributed by atoms with E-state index in [9.17, 15) is 13.2 Å². The van der Waals surface area contributed by atoms with Crippen molar-refractivity contribution in [2.24, 2.45) is 10.1 Å². The first kappa shape index (κ1) is 28.9. The van der Waals surface area contributed by atoms with Gasteiger partial charge in [-0.1, -0.05) is 18.2 Å². The molecule has 0 saturated heterocycles. The van der Waals surface area contributed by atoms with Gasteiger partial charge in [-0.25, -0.2) is 5.43 Å². The Bertz CT molecular complexity index is 1170. The summed E-state index contributed by atoms with van der Waals surface area (Å²) >= 11 is 1.42. The summed E-state index contributed by atoms with van der Waals surface area (Å²) in [5.41, 5.74) is 14.7. The van der Waals surface area contributed by atoms with Crippen LogP contribution in [-0.4, -0.2) is 44.7 Å². The number of halogens is 1. The zero-order chi connectivity index (χ0) is 24.9. The molecule has 0 unspecified atom stereocenters. The minimum atomic E-state index is -3.88. The van der Waals surface area contributed by atoms with Gasteiger partial charge in [0.2, 0.25) is 5.91 Å². The minimum Gasteiger partial charge on any atom is -0.496 e. The lowest BCUT2D eigenvalue weighted by atomic mass is 10.1. The van der Waals surface area contributed by atoms with Gasteiger partial charge in [-0.3, -0.25) is 9.10 Å². The second-order valence-electron chi connectivity index (χ2n) is 8.08. The molecule has 0 radical (unpaired) electrons. The quantitative estimate of drug-likeness (QED) is 0.138. The van der Waals surface area contributed by atoms with Gasteiger partial charge in [-0.15, -0.1) is 16.8 Å². The summed E-state index contributed by atoms with van der Waals surface area (Å²) in [4.78, 5) is 13.9. The van der Waals surface area contributed by atoms with Crippen molar-refractivity contribution in [3.05, 3.63) is 52.6 Å². The Morgan fingerprint density at radius 2 is 2.00 bits per heavy atom. The molecule has 0 bridgehead atoms. The van der Waals surface area contributed by atoms with Gasteiger partial charge in [-0.2, -0.15) is 8.42 Å². The highest BCUT2D eigenvalue weighted by Gasteiger charge is 2.27. The molecule has 9 nitrogen and oxygen atoms in total. The molecule has 2 aromatic carbocycles. The van der Waals surface area contributed by atoms with E-state index in [1.54, 1.807) is 31.3 Å². The van der Waals surface area contributed by atoms with E-state index in [1.165, 1.54) is 11.9 Å². The fourth-order valence-corrected chi connectivity index (χ4v) is 6.13. The standard InChI is InChI=1S/C23H31N5O4S2.ClH/c1-15-12-20(32-4)16(2)17(3)22(15)34(30,31)27-14-26-25-11-7-9-19(24)23(29)28-13-18-8-5-6-10-21(18)33-28;/h5-6,8,10,12,14,19,25H,7,9,11,13,24H2,1-4H3,(H,26,27);1H/t19-;/m0./s1. The summed E-state index contributed by atoms with van der Waals surface area (Å²) in [6.07, 6.45) is 2.23. The van der Waals surface area contributed by atoms with E-state index in [1.807, 2.05) is 31.2 Å². The number of methoxy groups -OCH3 is 1. The molecule has 0 aliphatic carbocycles. The summed E-state index contributed by atoms with van der Waals surface area (Å²) in [5.74, 6) is 0.546. The molecule has 4 N–H and O–H groups in total. The Labute approximate surface area is 217 Å². The second-order valence-corrected chi connectivity index (χ2v) is 10.7. The normalized spacial score (nSPS) is 13.9. The van der Waals surface area contributed by atoms with Gasteiger partial charge in [0.25, 0.3) is 10.0 Å². The van der Waals surface area contributed by atoms with E-state index in [0.717, 1.165) is 22.4 Å². The first-order valence-corrected chi connectivity index (χ1v) is 13.1. The van der Waals surface area contributed by atoms with Crippen LogP contribution >= 0.6 is 24.4 Å². The van der Waals surface area contributed by atoms with Crippen LogP contribution in [0.15, 0.2) is 44.5 Å². The number of rotatable bonds is 10. The topological polar surface area (TPSA) is 126 Å². The fourth-order valence-electron chi connectivity index (χ4n) is 3.77. The van der Waals surface area contributed by atoms with Crippen LogP contribution in [-0.2, 0) is 21.4 Å². The number of fused-ring (bicyclic) bond motifs is 1. The number of aryl methyl sites for hydroxylation is 1. The predicted molar refractivity (Wildman–Crippen MR) is 141 cm³/mol. The van der Waals surface area contributed by atoms with Gasteiger partial charge in [0.15, 0.2) is 0 Å². The van der Waals surface area contributed by atoms with Crippen molar-refractivity contribution in [1.82, 2.24) is 15.2 Å². The van der Waals surface area contributed by atoms with Gasteiger partial charge in [0.05, 0.1) is 24.6 Å². The van der Waals surface area contributed by atoms with E-state index in [2.05, 4.69) is 15.2 Å². The lowest BCUT2D eigenvalue weighted by molar-refractivity contribution is -0.127. The monoisotopic (exact) mass is 541 g/mol. The van der Waals surface area contributed by atoms with E-state index >= 15 is 0 Å². The van der Waals surface area contributed by atoms with Gasteiger partial charge in [0.1, 0.15) is 12.1 Å². The summed E-state index contributed by atoms with van der Waals surface area (Å²) < 4.78 is 36.2. The number of amides is 1. The smallest absolute Gasteiger partial charge is 0.284 e. The third-order valence-electron chi connectivity index (χ3n) is 5.69. The molecule has 1 heterocycles. The molecule has 0 spiro atoms. The van der Waals surface area contributed by atoms with Gasteiger partial charge >= 0.3 is 0 Å². The number of carbonyl (C=O) groups is 1. The summed E-state index contributed by atoms with van der Waals surface area (Å²) in [6, 6.07) is 9.02. The molecule has 3 rings (SSSR count). The number of ether oxygens (including phenoxy) is 1. The van der Waals surface area contributed by atoms with Gasteiger partial charge in [-0.05, 0) is 79.9 Å². The lowest BCUT2D eigenvalue weighted by Gasteiger charge is -2.19. The van der Waals surface area contributed by atoms with E-state index < -0.39 is 16.1 Å². The van der Waals surface area contributed by atoms with E-state index in [0.29, 0.717) is 42.8 Å². The number of sulfonamides is 1. The Balaban J connectivity index is 0.00000432. The zero-order valence-electron chi connectivity index (χ0n) is 20.2. The van der Waals surface area contributed by atoms with Crippen LogP contribution in [0.5, 0.6) is 5.75 Å². The number of nitrogens with two attached hydrogens (primary N) is 1. The number of hydrazine groups is 1. The summed E-state index contributed by atoms with van der Waals surface area (Å²) in [6.45, 7) is 6.31. The molecule has 35 heavy (non-hydrogen) atoms. The van der Waals surface area contributed by atoms with Crippen molar-refractivity contribution in [3.8, 4) is 5.75 Å². The van der Waals surface area contributed by atoms with Crippen LogP contribution < -0.4 is 21.3 Å². The van der Waals surface area contributed by atoms with E-state index in [4.69, 9.17) is 10.5 Å². The summed E-state index contributed by atoms with van der Waals surface area (Å²) in [5, 5.41) is 0. The van der Waals surface area contributed by atoms with Crippen molar-refractivity contribution < 1.29 is 17.9 Å². The van der Waals surface area contributed by atoms with Crippen molar-refractivity contribution >= 4 is 46.6 Å². The Morgan fingerprint density at radius 3 is 2.69 bits per heavy atom. The number of hydrogen-bond acceptors (Lipinski definition) is 7. The van der Waals surface area contributed by atoms with E-state index in [-0.39, 0.29) is 23.2 Å². The highest BCUT2D eigenvalue weighted by molar-refractivity contribution is 7.97. The van der Waals surface area contributed by atoms with Gasteiger partial charge < -0.3 is 15.9 Å². The molecule has 2 aromatic rings. The molecular weight excluding hydrogens is 510 g/mol. The van der Waals surface area contributed by atoms with Crippen LogP contribution in [0.25, 0.3) is 0 Å². The zero-order valence-corrected chi connectivity index (χ0v) is 22.6. The molecule has 1 aliphatic heterocycles. The number of nitrogens with zero attached hydrogens (tertiary/aromatic N) is 2. The first-order chi connectivity index (χ1) is 16.2. The number of benzene rings is 2. The van der Waals surface area contributed by atoms with Crippen LogP contribution in [0.1, 0.15) is 35.1 Å². The predicted octanol–water partition coefficient (Wildman–Crippen LogP) is 3.01. The maximum Gasteiger partial charge on any atom is 0.284 e. The Morgan fingerprint density at radius 1 is 1.29 bits per heavy atom. The Kier molecular flexibility index (Phi) is 10.4. The number of hydrogen-bond donors (Lipinski definition) is 3. The SMILES string of the molecule is COc1cc(C)c(S(=O)(=O)/N=C/NNCCC[C@H](N)C(=O)N2Cc3ccccc3S2)c(C)c1C.Cl. The highest BCUT2D eigenvalue weighted by Crippen LogP contribution is 2.36. The summed E-state index contributed by atoms with van der Waals surface area (Å²) in [7, 11) is -2.33. The third kappa shape index (κ3) is 6.89.